The first-order chi connectivity index (χ1) is 22.7. The van der Waals surface area contributed by atoms with Crippen LogP contribution in [0.15, 0.2) is 54.6 Å². The van der Waals surface area contributed by atoms with Crippen molar-refractivity contribution in [3.8, 4) is 0 Å². The van der Waals surface area contributed by atoms with Crippen molar-refractivity contribution in [2.24, 2.45) is 11.7 Å². The van der Waals surface area contributed by atoms with Crippen LogP contribution in [0.4, 0.5) is 4.79 Å². The molecule has 0 radical (unpaired) electrons. The number of unbranched alkanes of at least 4 members (excludes halogenated alkanes) is 3. The van der Waals surface area contributed by atoms with E-state index in [1.165, 1.54) is 0 Å². The summed E-state index contributed by atoms with van der Waals surface area (Å²) in [7, 11) is 0. The van der Waals surface area contributed by atoms with Crippen molar-refractivity contribution in [3.05, 3.63) is 70.7 Å². The summed E-state index contributed by atoms with van der Waals surface area (Å²) in [5.74, 6) is -1.83. The Morgan fingerprint density at radius 3 is 2.21 bits per heavy atom. The Bertz CT molecular complexity index is 1260. The monoisotopic (exact) mass is 671 g/mol. The minimum atomic E-state index is -0.864. The summed E-state index contributed by atoms with van der Waals surface area (Å²) in [5.41, 5.74) is 7.14. The van der Waals surface area contributed by atoms with Gasteiger partial charge in [-0.15, -0.1) is 0 Å². The van der Waals surface area contributed by atoms with Gasteiger partial charge in [0.1, 0.15) is 6.61 Å². The molecule has 11 nitrogen and oxygen atoms in total. The van der Waals surface area contributed by atoms with E-state index in [0.717, 1.165) is 24.8 Å². The van der Waals surface area contributed by atoms with Gasteiger partial charge < -0.3 is 31.7 Å². The van der Waals surface area contributed by atoms with Crippen LogP contribution in [0.5, 0.6) is 0 Å². The zero-order valence-electron chi connectivity index (χ0n) is 27.4. The number of rotatable bonds is 23. The smallest absolute Gasteiger partial charge is 0.407 e. The van der Waals surface area contributed by atoms with Crippen LogP contribution in [-0.2, 0) is 36.9 Å². The minimum Gasteiger partial charge on any atom is -0.445 e. The lowest BCUT2D eigenvalue weighted by Gasteiger charge is -2.22. The van der Waals surface area contributed by atoms with E-state index in [4.69, 9.17) is 22.1 Å². The first-order valence-electron chi connectivity index (χ1n) is 16.5. The number of hydrogen-bond donors (Lipinski definition) is 5. The van der Waals surface area contributed by atoms with Gasteiger partial charge in [-0.05, 0) is 37.3 Å². The molecular weight excluding hydrogens is 622 g/mol. The molecule has 0 aliphatic rings. The molecule has 0 fully saturated rings. The number of nitrogens with one attached hydrogen (secondary N) is 4. The van der Waals surface area contributed by atoms with Crippen molar-refractivity contribution in [3.63, 3.8) is 0 Å². The average molecular weight is 672 g/mol. The van der Waals surface area contributed by atoms with E-state index in [9.17, 15) is 24.0 Å². The molecule has 2 aromatic rings. The summed E-state index contributed by atoms with van der Waals surface area (Å²) in [5, 5.41) is 11.6. The normalized spacial score (nSPS) is 12.0. The Morgan fingerprint density at radius 1 is 0.809 bits per heavy atom. The van der Waals surface area contributed by atoms with E-state index in [-0.39, 0.29) is 63.0 Å². The number of ether oxygens (including phenoxy) is 1. The highest BCUT2D eigenvalue weighted by Crippen LogP contribution is 2.18. The van der Waals surface area contributed by atoms with Gasteiger partial charge in [0.25, 0.3) is 0 Å². The second-order valence-electron chi connectivity index (χ2n) is 11.4. The number of nitrogens with two attached hydrogens (primary N) is 1. The highest BCUT2D eigenvalue weighted by atomic mass is 35.5. The maximum Gasteiger partial charge on any atom is 0.407 e. The molecule has 6 N–H and O–H groups in total. The van der Waals surface area contributed by atoms with Crippen LogP contribution in [0.1, 0.15) is 75.8 Å². The number of carbonyl (C=O) groups excluding carboxylic acids is 5. The molecule has 2 atom stereocenters. The van der Waals surface area contributed by atoms with Crippen molar-refractivity contribution in [1.29, 1.82) is 0 Å². The largest absolute Gasteiger partial charge is 0.445 e. The Morgan fingerprint density at radius 2 is 1.49 bits per heavy atom. The van der Waals surface area contributed by atoms with E-state index in [0.29, 0.717) is 42.9 Å². The molecule has 0 aliphatic carbocycles. The lowest BCUT2D eigenvalue weighted by Crippen LogP contribution is -2.44. The molecule has 12 heteroatoms. The van der Waals surface area contributed by atoms with Crippen LogP contribution in [0.25, 0.3) is 0 Å². The first kappa shape index (κ1) is 39.2. The minimum absolute atomic E-state index is 0.0237. The highest BCUT2D eigenvalue weighted by Gasteiger charge is 2.28. The number of amides is 4. The summed E-state index contributed by atoms with van der Waals surface area (Å²) in [6.07, 6.45) is 4.02. The van der Waals surface area contributed by atoms with Crippen LogP contribution < -0.4 is 27.0 Å². The predicted molar refractivity (Wildman–Crippen MR) is 183 cm³/mol. The molecule has 0 bridgehead atoms. The molecular formula is C35H50ClN5O6. The highest BCUT2D eigenvalue weighted by molar-refractivity contribution is 6.31. The molecule has 2 aromatic carbocycles. The fourth-order valence-corrected chi connectivity index (χ4v) is 5.04. The lowest BCUT2D eigenvalue weighted by molar-refractivity contribution is -0.132. The van der Waals surface area contributed by atoms with E-state index < -0.39 is 24.0 Å². The molecule has 0 saturated carbocycles. The Labute approximate surface area is 283 Å². The summed E-state index contributed by atoms with van der Waals surface area (Å²) < 4.78 is 5.22. The maximum absolute atomic E-state index is 13.6. The van der Waals surface area contributed by atoms with Crippen molar-refractivity contribution < 1.29 is 28.7 Å². The molecule has 0 spiro atoms. The number of benzene rings is 2. The van der Waals surface area contributed by atoms with Crippen LogP contribution in [0.2, 0.25) is 5.02 Å². The fourth-order valence-electron chi connectivity index (χ4n) is 4.85. The summed E-state index contributed by atoms with van der Waals surface area (Å²) in [4.78, 5) is 63.8. The number of halogens is 1. The van der Waals surface area contributed by atoms with Gasteiger partial charge in [-0.25, -0.2) is 4.79 Å². The number of alkyl carbamates (subject to hydrolysis) is 1. The van der Waals surface area contributed by atoms with E-state index in [1.807, 2.05) is 36.4 Å². The van der Waals surface area contributed by atoms with Gasteiger partial charge in [-0.1, -0.05) is 86.3 Å². The zero-order chi connectivity index (χ0) is 34.3. The third-order valence-electron chi connectivity index (χ3n) is 7.52. The van der Waals surface area contributed by atoms with Crippen molar-refractivity contribution in [1.82, 2.24) is 21.3 Å². The van der Waals surface area contributed by atoms with Crippen LogP contribution in [0.3, 0.4) is 0 Å². The Hall–Kier alpha value is -3.96. The lowest BCUT2D eigenvalue weighted by atomic mass is 9.90. The van der Waals surface area contributed by atoms with Gasteiger partial charge >= 0.3 is 6.09 Å². The quantitative estimate of drug-likeness (QED) is 0.110. The average Bonchev–Trinajstić information content (AvgIpc) is 3.07. The third kappa shape index (κ3) is 17.0. The van der Waals surface area contributed by atoms with Crippen molar-refractivity contribution in [2.45, 2.75) is 83.8 Å². The topological polar surface area (TPSA) is 169 Å². The molecule has 4 amide bonds. The third-order valence-corrected chi connectivity index (χ3v) is 7.88. The van der Waals surface area contributed by atoms with E-state index in [2.05, 4.69) is 28.2 Å². The fraction of sp³-hybridized carbons (Fsp3) is 0.514. The van der Waals surface area contributed by atoms with Gasteiger partial charge in [0, 0.05) is 61.9 Å². The number of ketones is 1. The molecule has 2 rings (SSSR count). The van der Waals surface area contributed by atoms with Crippen LogP contribution in [-0.4, -0.2) is 61.8 Å². The molecule has 2 unspecified atom stereocenters. The second-order valence-corrected chi connectivity index (χ2v) is 11.8. The summed E-state index contributed by atoms with van der Waals surface area (Å²) >= 11 is 6.10. The molecule has 0 heterocycles. The van der Waals surface area contributed by atoms with Crippen molar-refractivity contribution in [2.75, 3.05) is 26.2 Å². The van der Waals surface area contributed by atoms with E-state index >= 15 is 0 Å². The molecule has 0 saturated heterocycles. The standard InChI is InChI=1S/C35H50ClN5O6/c1-2-3-10-20-38-32(43)17-18-33(44)41-30(23-26-12-5-4-6-13-26)31(42)24-27(34(45)39-22-19-37)14-9-11-21-40-35(46)47-25-28-15-7-8-16-29(28)36/h4-8,12-13,15-16,27,30H,2-3,9-11,14,17-25,37H2,1H3,(H,38,43)(H,39,45)(H,40,46)(H,41,44). The van der Waals surface area contributed by atoms with Crippen LogP contribution >= 0.6 is 11.6 Å². The number of hydrogen-bond acceptors (Lipinski definition) is 7. The number of Topliss-reactive ketones (excluding diaryl/α,β-unsaturated/α-hetero) is 1. The Kier molecular flexibility index (Phi) is 19.5. The molecule has 47 heavy (non-hydrogen) atoms. The molecule has 0 aliphatic heterocycles. The van der Waals surface area contributed by atoms with Gasteiger partial charge in [0.05, 0.1) is 6.04 Å². The zero-order valence-corrected chi connectivity index (χ0v) is 28.1. The Balaban J connectivity index is 1.93. The van der Waals surface area contributed by atoms with Gasteiger partial charge in [0.15, 0.2) is 5.78 Å². The van der Waals surface area contributed by atoms with E-state index in [1.54, 1.807) is 18.2 Å². The summed E-state index contributed by atoms with van der Waals surface area (Å²) in [6.45, 7) is 3.55. The number of carbonyl (C=O) groups is 5. The van der Waals surface area contributed by atoms with Crippen molar-refractivity contribution >= 4 is 41.2 Å². The van der Waals surface area contributed by atoms with Gasteiger partial charge in [-0.2, -0.15) is 0 Å². The molecule has 0 aromatic heterocycles. The van der Waals surface area contributed by atoms with Crippen LogP contribution in [0, 0.1) is 5.92 Å². The molecule has 258 valence electrons. The van der Waals surface area contributed by atoms with Gasteiger partial charge in [0.2, 0.25) is 17.7 Å². The first-order valence-corrected chi connectivity index (χ1v) is 16.9. The second kappa shape index (κ2) is 23.4. The SMILES string of the molecule is CCCCCNC(=O)CCC(=O)NC(Cc1ccccc1)C(=O)CC(CCCCNC(=O)OCc1ccccc1Cl)C(=O)NCCN. The van der Waals surface area contributed by atoms with Gasteiger partial charge in [-0.3, -0.25) is 19.2 Å². The maximum atomic E-state index is 13.6. The predicted octanol–water partition coefficient (Wildman–Crippen LogP) is 4.20. The summed E-state index contributed by atoms with van der Waals surface area (Å²) in [6, 6.07) is 15.5.